The van der Waals surface area contributed by atoms with Crippen molar-refractivity contribution in [2.75, 3.05) is 23.7 Å². The highest BCUT2D eigenvalue weighted by Gasteiger charge is 2.30. The highest BCUT2D eigenvalue weighted by molar-refractivity contribution is 7.28. The van der Waals surface area contributed by atoms with E-state index in [1.165, 1.54) is 31.8 Å². The van der Waals surface area contributed by atoms with Gasteiger partial charge in [0.2, 0.25) is 5.95 Å². The number of unbranched alkanes of at least 4 members (excludes halogenated alkanes) is 1. The molecule has 1 saturated heterocycles. The summed E-state index contributed by atoms with van der Waals surface area (Å²) in [5, 5.41) is 11.9. The average molecular weight is 638 g/mol. The zero-order valence-electron chi connectivity index (χ0n) is 27.5. The fourth-order valence-electron chi connectivity index (χ4n) is 5.44. The minimum atomic E-state index is -0.430. The average Bonchev–Trinajstić information content (AvgIpc) is 3.75. The van der Waals surface area contributed by atoms with E-state index < -0.39 is 5.83 Å². The lowest BCUT2D eigenvalue weighted by molar-refractivity contribution is 0.135. The monoisotopic (exact) mass is 637 g/mol. The second kappa shape index (κ2) is 16.5. The molecule has 4 heterocycles. The molecule has 238 valence electrons. The molecule has 9 heteroatoms. The van der Waals surface area contributed by atoms with E-state index in [2.05, 4.69) is 73.3 Å². The number of aromatic nitrogens is 2. The van der Waals surface area contributed by atoms with Gasteiger partial charge in [0.15, 0.2) is 0 Å². The smallest absolute Gasteiger partial charge is 0.225 e. The van der Waals surface area contributed by atoms with Gasteiger partial charge in [0.25, 0.3) is 0 Å². The Morgan fingerprint density at radius 3 is 2.45 bits per heavy atom. The van der Waals surface area contributed by atoms with Gasteiger partial charge < -0.3 is 15.4 Å². The van der Waals surface area contributed by atoms with Gasteiger partial charge in [-0.1, -0.05) is 79.9 Å². The van der Waals surface area contributed by atoms with Gasteiger partial charge in [0, 0.05) is 35.5 Å². The molecule has 2 unspecified atom stereocenters. The Kier molecular flexibility index (Phi) is 13.3. The van der Waals surface area contributed by atoms with Crippen LogP contribution in [0, 0.1) is 23.2 Å². The van der Waals surface area contributed by atoms with Gasteiger partial charge in [-0.25, -0.2) is 14.4 Å². The molecule has 44 heavy (non-hydrogen) atoms. The van der Waals surface area contributed by atoms with Crippen LogP contribution in [0.1, 0.15) is 113 Å². The maximum Gasteiger partial charge on any atom is 0.225 e. The van der Waals surface area contributed by atoms with Gasteiger partial charge in [-0.2, -0.15) is 5.26 Å². The van der Waals surface area contributed by atoms with Crippen molar-refractivity contribution in [1.82, 2.24) is 9.97 Å². The molecule has 3 aromatic rings. The predicted molar refractivity (Wildman–Crippen MR) is 190 cm³/mol. The first-order valence-corrected chi connectivity index (χ1v) is 17.2. The first-order valence-electron chi connectivity index (χ1n) is 15.8. The number of anilines is 2. The number of nitrogen functional groups attached to an aromatic ring is 1. The van der Waals surface area contributed by atoms with Crippen molar-refractivity contribution in [3.05, 3.63) is 51.5 Å². The summed E-state index contributed by atoms with van der Waals surface area (Å²) in [7, 11) is 2.79. The van der Waals surface area contributed by atoms with Gasteiger partial charge in [0.1, 0.15) is 16.9 Å². The highest BCUT2D eigenvalue weighted by Crippen LogP contribution is 2.44. The number of rotatable bonds is 7. The van der Waals surface area contributed by atoms with Gasteiger partial charge in [-0.3, -0.25) is 0 Å². The van der Waals surface area contributed by atoms with Gasteiger partial charge in [-0.15, -0.1) is 20.6 Å². The number of nitriles is 1. The summed E-state index contributed by atoms with van der Waals surface area (Å²) in [6.07, 6.45) is 9.71. The SMILES string of the molecule is C=C(c1c(/C(F)=C\C)sc(N)c1C#N)c1c2c(c3cnc(N4CCC(C)C4)nc3c1P)COC2.CCCC.CCCC(C)C. The third kappa shape index (κ3) is 7.86. The van der Waals surface area contributed by atoms with E-state index in [0.717, 1.165) is 69.7 Å². The van der Waals surface area contributed by atoms with Crippen molar-refractivity contribution >= 4 is 59.1 Å². The van der Waals surface area contributed by atoms with Crippen molar-refractivity contribution < 1.29 is 9.13 Å². The molecule has 5 rings (SSSR count). The molecule has 0 bridgehead atoms. The maximum atomic E-state index is 14.8. The Balaban J connectivity index is 0.000000461. The molecule has 1 aromatic carbocycles. The summed E-state index contributed by atoms with van der Waals surface area (Å²) in [5.74, 6) is 1.78. The first-order chi connectivity index (χ1) is 21.0. The second-order valence-corrected chi connectivity index (χ2v) is 13.6. The molecule has 0 spiro atoms. The van der Waals surface area contributed by atoms with Crippen LogP contribution in [0.4, 0.5) is 15.3 Å². The zero-order valence-corrected chi connectivity index (χ0v) is 29.5. The van der Waals surface area contributed by atoms with Crippen LogP contribution in [0.5, 0.6) is 0 Å². The Morgan fingerprint density at radius 2 is 1.93 bits per heavy atom. The molecule has 0 saturated carbocycles. The molecular formula is C35H49FN5OPS. The molecule has 0 radical (unpaired) electrons. The van der Waals surface area contributed by atoms with Crippen LogP contribution in [0.25, 0.3) is 22.3 Å². The lowest BCUT2D eigenvalue weighted by Crippen LogP contribution is -2.22. The van der Waals surface area contributed by atoms with Gasteiger partial charge in [0.05, 0.1) is 29.2 Å². The number of nitrogens with two attached hydrogens (primary N) is 1. The first kappa shape index (κ1) is 35.6. The molecule has 0 aliphatic carbocycles. The summed E-state index contributed by atoms with van der Waals surface area (Å²) in [6, 6.07) is 2.15. The predicted octanol–water partition coefficient (Wildman–Crippen LogP) is 9.16. The van der Waals surface area contributed by atoms with Crippen molar-refractivity contribution in [3.8, 4) is 6.07 Å². The molecule has 2 atom stereocenters. The minimum Gasteiger partial charge on any atom is -0.389 e. The topological polar surface area (TPSA) is 88.1 Å². The standard InChI is InChI=1S/C25H25FN5OPS.C6H14.C4H10/c1-4-18(26)23-20(14(7-27)24(28)34-23)13(3)19-17-11-32-10-16(17)15-8-29-25(30-21(15)22(19)33)31-6-5-12(2)9-31;1-4-5-6(2)3;1-3-4-2/h4,8,12H,3,5-6,9-11,28,33H2,1-2H3;6H,4-5H2,1-3H3;3-4H2,1-2H3/b18-4+;;. The summed E-state index contributed by atoms with van der Waals surface area (Å²) >= 11 is 1.06. The molecule has 1 fully saturated rings. The second-order valence-electron chi connectivity index (χ2n) is 12.0. The Morgan fingerprint density at radius 1 is 1.25 bits per heavy atom. The maximum absolute atomic E-state index is 14.8. The number of benzene rings is 1. The van der Waals surface area contributed by atoms with Crippen LogP contribution in [0.15, 0.2) is 18.9 Å². The van der Waals surface area contributed by atoms with Crippen molar-refractivity contribution in [2.24, 2.45) is 11.8 Å². The molecule has 6 nitrogen and oxygen atoms in total. The number of thiophene rings is 1. The number of hydrogen-bond donors (Lipinski definition) is 1. The quantitative estimate of drug-likeness (QED) is 0.260. The molecule has 2 aliphatic rings. The van der Waals surface area contributed by atoms with E-state index in [1.807, 2.05) is 6.20 Å². The highest BCUT2D eigenvalue weighted by atomic mass is 32.1. The van der Waals surface area contributed by atoms with E-state index in [1.54, 1.807) is 6.92 Å². The minimum absolute atomic E-state index is 0.244. The molecular weight excluding hydrogens is 588 g/mol. The van der Waals surface area contributed by atoms with Gasteiger partial charge in [-0.05, 0) is 47.4 Å². The van der Waals surface area contributed by atoms with Crippen LogP contribution in [-0.4, -0.2) is 23.1 Å². The normalized spacial score (nSPS) is 15.9. The van der Waals surface area contributed by atoms with Crippen LogP contribution in [0.3, 0.4) is 0 Å². The van der Waals surface area contributed by atoms with Crippen LogP contribution >= 0.6 is 20.6 Å². The van der Waals surface area contributed by atoms with Crippen molar-refractivity contribution in [2.45, 2.75) is 93.8 Å². The Bertz CT molecular complexity index is 1540. The zero-order chi connectivity index (χ0) is 32.6. The number of nitrogens with zero attached hydrogens (tertiary/aromatic N) is 4. The van der Waals surface area contributed by atoms with Gasteiger partial charge >= 0.3 is 0 Å². The van der Waals surface area contributed by atoms with Crippen LogP contribution in [-0.2, 0) is 18.0 Å². The summed E-state index contributed by atoms with van der Waals surface area (Å²) in [5.41, 5.74) is 10.9. The summed E-state index contributed by atoms with van der Waals surface area (Å²) < 4.78 is 20.6. The van der Waals surface area contributed by atoms with Crippen LogP contribution in [0.2, 0.25) is 0 Å². The largest absolute Gasteiger partial charge is 0.389 e. The van der Waals surface area contributed by atoms with Crippen LogP contribution < -0.4 is 15.9 Å². The molecule has 2 N–H and O–H groups in total. The van der Waals surface area contributed by atoms with Crippen molar-refractivity contribution in [1.29, 1.82) is 5.26 Å². The van der Waals surface area contributed by atoms with E-state index >= 15 is 0 Å². The van der Waals surface area contributed by atoms with E-state index in [4.69, 9.17) is 15.5 Å². The van der Waals surface area contributed by atoms with E-state index in [-0.39, 0.29) is 10.6 Å². The fourth-order valence-corrected chi connectivity index (χ4v) is 7.02. The number of ether oxygens (including phenoxy) is 1. The number of hydrogen-bond acceptors (Lipinski definition) is 7. The lowest BCUT2D eigenvalue weighted by Gasteiger charge is -2.20. The lowest BCUT2D eigenvalue weighted by atomic mass is 9.89. The fraction of sp³-hybridized carbons (Fsp3) is 0.514. The Hall–Kier alpha value is -2.85. The number of fused-ring (bicyclic) bond motifs is 3. The van der Waals surface area contributed by atoms with E-state index in [0.29, 0.717) is 41.1 Å². The van der Waals surface area contributed by atoms with Crippen molar-refractivity contribution in [3.63, 3.8) is 0 Å². The number of halogens is 1. The third-order valence-corrected chi connectivity index (χ3v) is 9.57. The number of allylic oxidation sites excluding steroid dienone is 1. The molecule has 0 amide bonds. The molecule has 2 aromatic heterocycles. The summed E-state index contributed by atoms with van der Waals surface area (Å²) in [6.45, 7) is 22.0. The van der Waals surface area contributed by atoms with E-state index in [9.17, 15) is 9.65 Å². The molecule has 2 aliphatic heterocycles. The summed E-state index contributed by atoms with van der Waals surface area (Å²) in [4.78, 5) is 12.1. The Labute approximate surface area is 269 Å². The third-order valence-electron chi connectivity index (χ3n) is 7.98.